The molecule has 1 aliphatic carbocycles. The van der Waals surface area contributed by atoms with Gasteiger partial charge in [-0.25, -0.2) is 4.39 Å². The van der Waals surface area contributed by atoms with Crippen LogP contribution in [0.5, 0.6) is 0 Å². The largest absolute Gasteiger partial charge is 0.416 e. The predicted molar refractivity (Wildman–Crippen MR) is 46.3 cm³/mol. The molecular weight excluding hydrogens is 196 g/mol. The van der Waals surface area contributed by atoms with Gasteiger partial charge in [0.25, 0.3) is 0 Å². The normalized spacial score (nSPS) is 18.9. The molecule has 4 heteroatoms. The summed E-state index contributed by atoms with van der Waals surface area (Å²) < 4.78 is 50.1. The van der Waals surface area contributed by atoms with Gasteiger partial charge in [-0.2, -0.15) is 13.2 Å². The van der Waals surface area contributed by atoms with E-state index in [9.17, 15) is 17.6 Å². The Morgan fingerprint density at radius 1 is 1.21 bits per heavy atom. The standard InChI is InChI=1S/C10H12F4/c1-6(2)8-4-3-7(11)5-9(8)10(12,13)14/h5-6H,3-4H2,1-2H3. The van der Waals surface area contributed by atoms with Gasteiger partial charge in [-0.05, 0) is 18.4 Å². The minimum Gasteiger partial charge on any atom is -0.212 e. The van der Waals surface area contributed by atoms with Crippen molar-refractivity contribution in [2.45, 2.75) is 32.9 Å². The zero-order valence-corrected chi connectivity index (χ0v) is 8.08. The number of rotatable bonds is 1. The maximum atomic E-state index is 12.7. The van der Waals surface area contributed by atoms with Crippen molar-refractivity contribution >= 4 is 0 Å². The molecule has 0 aliphatic heterocycles. The second kappa shape index (κ2) is 3.75. The first kappa shape index (κ1) is 11.3. The highest BCUT2D eigenvalue weighted by Crippen LogP contribution is 2.38. The Morgan fingerprint density at radius 2 is 1.79 bits per heavy atom. The van der Waals surface area contributed by atoms with E-state index in [1.54, 1.807) is 13.8 Å². The van der Waals surface area contributed by atoms with Crippen LogP contribution in [-0.4, -0.2) is 6.18 Å². The van der Waals surface area contributed by atoms with Crippen molar-refractivity contribution in [3.8, 4) is 0 Å². The van der Waals surface area contributed by atoms with E-state index in [4.69, 9.17) is 0 Å². The number of hydrogen-bond donors (Lipinski definition) is 0. The summed E-state index contributed by atoms with van der Waals surface area (Å²) in [7, 11) is 0. The Kier molecular flexibility index (Phi) is 3.02. The zero-order valence-electron chi connectivity index (χ0n) is 8.08. The van der Waals surface area contributed by atoms with Crippen molar-refractivity contribution in [1.82, 2.24) is 0 Å². The van der Waals surface area contributed by atoms with Gasteiger partial charge in [-0.1, -0.05) is 19.4 Å². The van der Waals surface area contributed by atoms with E-state index in [1.165, 1.54) is 0 Å². The van der Waals surface area contributed by atoms with E-state index in [0.29, 0.717) is 11.6 Å². The summed E-state index contributed by atoms with van der Waals surface area (Å²) in [5, 5.41) is 0. The van der Waals surface area contributed by atoms with Gasteiger partial charge in [0, 0.05) is 6.42 Å². The van der Waals surface area contributed by atoms with Gasteiger partial charge < -0.3 is 0 Å². The molecule has 0 fully saturated rings. The van der Waals surface area contributed by atoms with E-state index in [2.05, 4.69) is 0 Å². The van der Waals surface area contributed by atoms with Gasteiger partial charge in [0.15, 0.2) is 0 Å². The van der Waals surface area contributed by atoms with E-state index >= 15 is 0 Å². The molecule has 0 N–H and O–H groups in total. The molecule has 0 atom stereocenters. The van der Waals surface area contributed by atoms with Crippen LogP contribution < -0.4 is 0 Å². The first-order chi connectivity index (χ1) is 6.32. The molecule has 0 aromatic rings. The van der Waals surface area contributed by atoms with Gasteiger partial charge in [-0.3, -0.25) is 0 Å². The molecule has 0 nitrogen and oxygen atoms in total. The highest BCUT2D eigenvalue weighted by atomic mass is 19.4. The van der Waals surface area contributed by atoms with Crippen LogP contribution in [0.15, 0.2) is 23.0 Å². The van der Waals surface area contributed by atoms with Crippen molar-refractivity contribution < 1.29 is 17.6 Å². The van der Waals surface area contributed by atoms with Crippen molar-refractivity contribution in [2.24, 2.45) is 5.92 Å². The molecule has 0 saturated heterocycles. The summed E-state index contributed by atoms with van der Waals surface area (Å²) in [5.74, 6) is -0.863. The summed E-state index contributed by atoms with van der Waals surface area (Å²) in [6.45, 7) is 3.39. The minimum absolute atomic E-state index is 0.0904. The molecule has 80 valence electrons. The first-order valence-electron chi connectivity index (χ1n) is 4.48. The fourth-order valence-electron chi connectivity index (χ4n) is 1.57. The average Bonchev–Trinajstić information content (AvgIpc) is 2.01. The Labute approximate surface area is 80.3 Å². The second-order valence-electron chi connectivity index (χ2n) is 3.68. The molecule has 0 unspecified atom stereocenters. The third kappa shape index (κ3) is 2.36. The Bertz CT molecular complexity index is 281. The third-order valence-electron chi connectivity index (χ3n) is 2.28. The summed E-state index contributed by atoms with van der Waals surface area (Å²) >= 11 is 0. The number of hydrogen-bond acceptors (Lipinski definition) is 0. The van der Waals surface area contributed by atoms with Gasteiger partial charge in [0.1, 0.15) is 5.83 Å². The van der Waals surface area contributed by atoms with Crippen LogP contribution in [0.1, 0.15) is 26.7 Å². The Balaban J connectivity index is 3.15. The van der Waals surface area contributed by atoms with Crippen molar-refractivity contribution in [3.63, 3.8) is 0 Å². The molecule has 1 rings (SSSR count). The van der Waals surface area contributed by atoms with Gasteiger partial charge in [0.05, 0.1) is 5.57 Å². The third-order valence-corrected chi connectivity index (χ3v) is 2.28. The Morgan fingerprint density at radius 3 is 2.21 bits per heavy atom. The lowest BCUT2D eigenvalue weighted by Gasteiger charge is -2.21. The summed E-state index contributed by atoms with van der Waals surface area (Å²) in [6, 6.07) is 0. The van der Waals surface area contributed by atoms with Crippen molar-refractivity contribution in [1.29, 1.82) is 0 Å². The average molecular weight is 208 g/mol. The monoisotopic (exact) mass is 208 g/mol. The molecule has 0 saturated carbocycles. The van der Waals surface area contributed by atoms with E-state index in [1.807, 2.05) is 0 Å². The molecule has 0 spiro atoms. The van der Waals surface area contributed by atoms with Crippen LogP contribution in [0.3, 0.4) is 0 Å². The highest BCUT2D eigenvalue weighted by molar-refractivity contribution is 5.36. The maximum Gasteiger partial charge on any atom is 0.416 e. The van der Waals surface area contributed by atoms with Gasteiger partial charge >= 0.3 is 6.18 Å². The van der Waals surface area contributed by atoms with Crippen molar-refractivity contribution in [2.75, 3.05) is 0 Å². The summed E-state index contributed by atoms with van der Waals surface area (Å²) in [5.41, 5.74) is -0.491. The second-order valence-corrected chi connectivity index (χ2v) is 3.68. The molecule has 14 heavy (non-hydrogen) atoms. The molecular formula is C10H12F4. The first-order valence-corrected chi connectivity index (χ1v) is 4.48. The smallest absolute Gasteiger partial charge is 0.212 e. The zero-order chi connectivity index (χ0) is 10.9. The molecule has 0 aromatic heterocycles. The fraction of sp³-hybridized carbons (Fsp3) is 0.600. The SMILES string of the molecule is CC(C)C1=C(C(F)(F)F)C=C(F)CC1. The molecule has 0 radical (unpaired) electrons. The quantitative estimate of drug-likeness (QED) is 0.568. The fourth-order valence-corrected chi connectivity index (χ4v) is 1.57. The van der Waals surface area contributed by atoms with Crippen LogP contribution in [0, 0.1) is 5.92 Å². The maximum absolute atomic E-state index is 12.7. The lowest BCUT2D eigenvalue weighted by molar-refractivity contribution is -0.0900. The topological polar surface area (TPSA) is 0 Å². The number of allylic oxidation sites excluding steroid dienone is 4. The van der Waals surface area contributed by atoms with E-state index in [0.717, 1.165) is 0 Å². The van der Waals surface area contributed by atoms with Gasteiger partial charge in [-0.15, -0.1) is 0 Å². The van der Waals surface area contributed by atoms with E-state index in [-0.39, 0.29) is 18.8 Å². The molecule has 1 aliphatic rings. The van der Waals surface area contributed by atoms with Crippen LogP contribution >= 0.6 is 0 Å². The molecule has 0 bridgehead atoms. The van der Waals surface area contributed by atoms with Gasteiger partial charge in [0.2, 0.25) is 0 Å². The lowest BCUT2D eigenvalue weighted by Crippen LogP contribution is -2.17. The predicted octanol–water partition coefficient (Wildman–Crippen LogP) is 4.15. The number of halogens is 4. The van der Waals surface area contributed by atoms with Crippen LogP contribution in [0.4, 0.5) is 17.6 Å². The van der Waals surface area contributed by atoms with Crippen LogP contribution in [-0.2, 0) is 0 Å². The number of alkyl halides is 3. The summed E-state index contributed by atoms with van der Waals surface area (Å²) in [6.07, 6.45) is -3.54. The highest BCUT2D eigenvalue weighted by Gasteiger charge is 2.37. The lowest BCUT2D eigenvalue weighted by atomic mass is 9.88. The summed E-state index contributed by atoms with van der Waals surface area (Å²) in [4.78, 5) is 0. The van der Waals surface area contributed by atoms with Crippen LogP contribution in [0.2, 0.25) is 0 Å². The van der Waals surface area contributed by atoms with E-state index < -0.39 is 17.6 Å². The van der Waals surface area contributed by atoms with Crippen molar-refractivity contribution in [3.05, 3.63) is 23.0 Å². The van der Waals surface area contributed by atoms with Crippen LogP contribution in [0.25, 0.3) is 0 Å². The molecule has 0 heterocycles. The minimum atomic E-state index is -4.43. The molecule has 0 aromatic carbocycles. The molecule has 0 amide bonds. The Hall–Kier alpha value is -0.800.